The maximum Gasteiger partial charge on any atom is 0.435 e. The largest absolute Gasteiger partial charge is 0.435 e. The topological polar surface area (TPSA) is 110 Å². The molecular weight excluding hydrogens is 216 g/mol. The number of nitrogens with one attached hydrogen (secondary N) is 1. The van der Waals surface area contributed by atoms with Gasteiger partial charge >= 0.3 is 11.8 Å². The van der Waals surface area contributed by atoms with Crippen LogP contribution in [0.1, 0.15) is 25.5 Å². The van der Waals surface area contributed by atoms with Crippen molar-refractivity contribution in [2.45, 2.75) is 19.8 Å². The van der Waals surface area contributed by atoms with Crippen molar-refractivity contribution in [3.05, 3.63) is 28.3 Å². The van der Waals surface area contributed by atoms with Crippen molar-refractivity contribution < 1.29 is 14.6 Å². The second kappa shape index (κ2) is 5.59. The minimum Gasteiger partial charge on any atom is -0.358 e. The Morgan fingerprint density at radius 2 is 2.50 bits per heavy atom. The van der Waals surface area contributed by atoms with Crippen LogP contribution in [0.2, 0.25) is 0 Å². The number of aromatic amines is 1. The normalized spacial score (nSPS) is 11.2. The number of H-pyrrole nitrogens is 1. The Morgan fingerprint density at radius 1 is 1.75 bits per heavy atom. The molecule has 0 saturated heterocycles. The lowest BCUT2D eigenvalue weighted by atomic mass is 10.3. The Morgan fingerprint density at radius 3 is 3.00 bits per heavy atom. The van der Waals surface area contributed by atoms with Crippen LogP contribution in [0.4, 0.5) is 0 Å². The van der Waals surface area contributed by atoms with Gasteiger partial charge in [0.1, 0.15) is 0 Å². The molecule has 0 aromatic carbocycles. The number of hydrogen-bond acceptors (Lipinski definition) is 6. The van der Waals surface area contributed by atoms with Crippen LogP contribution in [0, 0.1) is 10.1 Å². The molecule has 1 rings (SSSR count). The van der Waals surface area contributed by atoms with Crippen molar-refractivity contribution in [2.75, 3.05) is 0 Å². The maximum atomic E-state index is 11.0. The van der Waals surface area contributed by atoms with E-state index in [2.05, 4.69) is 20.0 Å². The molecule has 0 atom stereocenters. The molecule has 8 nitrogen and oxygen atoms in total. The standard InChI is InChI=1S/C8H10N4O4/c1-2-3-7(13)16-11-8(12(14)15)6-4-9-5-10-6/h4-5H,2-3H2,1H3,(H,9,10)/b11-8-. The molecule has 0 radical (unpaired) electrons. The monoisotopic (exact) mass is 226 g/mol. The predicted molar refractivity (Wildman–Crippen MR) is 53.1 cm³/mol. The molecule has 86 valence electrons. The Hall–Kier alpha value is -2.25. The van der Waals surface area contributed by atoms with Crippen molar-refractivity contribution in [1.82, 2.24) is 9.97 Å². The van der Waals surface area contributed by atoms with Gasteiger partial charge in [-0.3, -0.25) is 0 Å². The summed E-state index contributed by atoms with van der Waals surface area (Å²) in [5, 5.41) is 13.8. The fourth-order valence-corrected chi connectivity index (χ4v) is 0.903. The predicted octanol–water partition coefficient (Wildman–Crippen LogP) is 0.691. The summed E-state index contributed by atoms with van der Waals surface area (Å²) in [6.45, 7) is 1.79. The Bertz CT molecular complexity index is 398. The number of hydrogen-bond donors (Lipinski definition) is 1. The second-order valence-corrected chi connectivity index (χ2v) is 2.85. The molecule has 0 bridgehead atoms. The minimum absolute atomic E-state index is 0.0781. The van der Waals surface area contributed by atoms with Crippen LogP contribution in [0.3, 0.4) is 0 Å². The summed E-state index contributed by atoms with van der Waals surface area (Å²) in [4.78, 5) is 31.3. The third-order valence-corrected chi connectivity index (χ3v) is 1.60. The van der Waals surface area contributed by atoms with Gasteiger partial charge in [0.15, 0.2) is 10.8 Å². The first-order valence-electron chi connectivity index (χ1n) is 4.56. The molecule has 8 heteroatoms. The van der Waals surface area contributed by atoms with E-state index in [-0.39, 0.29) is 12.1 Å². The summed E-state index contributed by atoms with van der Waals surface area (Å²) in [5.41, 5.74) is 0.0781. The number of aromatic nitrogens is 2. The maximum absolute atomic E-state index is 11.0. The van der Waals surface area contributed by atoms with Gasteiger partial charge in [0.2, 0.25) is 0 Å². The van der Waals surface area contributed by atoms with E-state index < -0.39 is 16.7 Å². The lowest BCUT2D eigenvalue weighted by molar-refractivity contribution is -0.351. The number of oxime groups is 1. The number of nitrogens with zero attached hydrogens (tertiary/aromatic N) is 3. The van der Waals surface area contributed by atoms with Gasteiger partial charge in [-0.25, -0.2) is 14.6 Å². The molecule has 0 unspecified atom stereocenters. The van der Waals surface area contributed by atoms with Gasteiger partial charge < -0.3 is 15.1 Å². The fourth-order valence-electron chi connectivity index (χ4n) is 0.903. The molecule has 0 aliphatic carbocycles. The van der Waals surface area contributed by atoms with Gasteiger partial charge in [-0.15, -0.1) is 0 Å². The van der Waals surface area contributed by atoms with E-state index in [1.54, 1.807) is 6.92 Å². The fraction of sp³-hybridized carbons (Fsp3) is 0.375. The van der Waals surface area contributed by atoms with Gasteiger partial charge in [-0.05, 0) is 11.3 Å². The number of rotatable bonds is 4. The lowest BCUT2D eigenvalue weighted by Gasteiger charge is -1.93. The molecule has 1 aromatic heterocycles. The number of nitro groups is 1. The Balaban J connectivity index is 2.75. The third kappa shape index (κ3) is 3.15. The van der Waals surface area contributed by atoms with Crippen molar-refractivity contribution in [2.24, 2.45) is 5.16 Å². The molecule has 0 saturated carbocycles. The molecule has 1 N–H and O–H groups in total. The first-order chi connectivity index (χ1) is 7.65. The first-order valence-corrected chi connectivity index (χ1v) is 4.56. The van der Waals surface area contributed by atoms with E-state index in [0.717, 1.165) is 0 Å². The zero-order valence-corrected chi connectivity index (χ0v) is 8.54. The van der Waals surface area contributed by atoms with E-state index in [1.807, 2.05) is 0 Å². The number of carbonyl (C=O) groups is 1. The third-order valence-electron chi connectivity index (χ3n) is 1.60. The van der Waals surface area contributed by atoms with E-state index in [0.29, 0.717) is 6.42 Å². The molecule has 0 amide bonds. The molecule has 1 heterocycles. The van der Waals surface area contributed by atoms with Crippen LogP contribution < -0.4 is 0 Å². The molecule has 0 fully saturated rings. The zero-order valence-electron chi connectivity index (χ0n) is 8.54. The summed E-state index contributed by atoms with van der Waals surface area (Å²) in [5.74, 6) is -1.19. The molecule has 0 aliphatic rings. The molecule has 16 heavy (non-hydrogen) atoms. The summed E-state index contributed by atoms with van der Waals surface area (Å²) >= 11 is 0. The van der Waals surface area contributed by atoms with E-state index >= 15 is 0 Å². The van der Waals surface area contributed by atoms with Crippen LogP contribution in [-0.4, -0.2) is 26.7 Å². The first kappa shape index (κ1) is 11.8. The van der Waals surface area contributed by atoms with Crippen LogP contribution in [0.15, 0.2) is 17.7 Å². The highest BCUT2D eigenvalue weighted by atomic mass is 16.7. The summed E-state index contributed by atoms with van der Waals surface area (Å²) in [6.07, 6.45) is 3.24. The Kier molecular flexibility index (Phi) is 4.13. The van der Waals surface area contributed by atoms with Gasteiger partial charge in [0.05, 0.1) is 18.9 Å². The lowest BCUT2D eigenvalue weighted by Crippen LogP contribution is -2.15. The molecule has 0 spiro atoms. The van der Waals surface area contributed by atoms with Crippen LogP contribution in [0.25, 0.3) is 0 Å². The number of carbonyl (C=O) groups excluding carboxylic acids is 1. The van der Waals surface area contributed by atoms with Crippen LogP contribution in [-0.2, 0) is 9.63 Å². The highest BCUT2D eigenvalue weighted by molar-refractivity contribution is 5.90. The average molecular weight is 226 g/mol. The zero-order chi connectivity index (χ0) is 12.0. The summed E-state index contributed by atoms with van der Waals surface area (Å²) in [7, 11) is 0. The van der Waals surface area contributed by atoms with Crippen LogP contribution in [0.5, 0.6) is 0 Å². The minimum atomic E-state index is -0.757. The van der Waals surface area contributed by atoms with Gasteiger partial charge in [0, 0.05) is 0 Å². The van der Waals surface area contributed by atoms with Gasteiger partial charge in [-0.1, -0.05) is 6.92 Å². The smallest absolute Gasteiger partial charge is 0.358 e. The molecule has 1 aromatic rings. The Labute approximate surface area is 90.5 Å². The highest BCUT2D eigenvalue weighted by Crippen LogP contribution is 1.99. The number of imidazole rings is 1. The van der Waals surface area contributed by atoms with Gasteiger partial charge in [0.25, 0.3) is 0 Å². The van der Waals surface area contributed by atoms with E-state index in [1.165, 1.54) is 12.5 Å². The van der Waals surface area contributed by atoms with Crippen molar-refractivity contribution in [3.8, 4) is 0 Å². The SMILES string of the molecule is CCCC(=O)O/N=C(/c1cnc[nH]1)[N+](=O)[O-]. The van der Waals surface area contributed by atoms with E-state index in [4.69, 9.17) is 0 Å². The molecule has 0 aliphatic heterocycles. The van der Waals surface area contributed by atoms with E-state index in [9.17, 15) is 14.9 Å². The average Bonchev–Trinajstić information content (AvgIpc) is 2.71. The summed E-state index contributed by atoms with van der Waals surface area (Å²) < 4.78 is 0. The van der Waals surface area contributed by atoms with Crippen molar-refractivity contribution in [3.63, 3.8) is 0 Å². The van der Waals surface area contributed by atoms with Crippen LogP contribution >= 0.6 is 0 Å². The van der Waals surface area contributed by atoms with Crippen molar-refractivity contribution >= 4 is 11.8 Å². The van der Waals surface area contributed by atoms with Crippen molar-refractivity contribution in [1.29, 1.82) is 0 Å². The highest BCUT2D eigenvalue weighted by Gasteiger charge is 2.20. The summed E-state index contributed by atoms with van der Waals surface area (Å²) in [6, 6.07) is 0. The quantitative estimate of drug-likeness (QED) is 0.267. The van der Waals surface area contributed by atoms with Gasteiger partial charge in [-0.2, -0.15) is 0 Å². The number of amidine groups is 1. The molecular formula is C8H10N4O4. The second-order valence-electron chi connectivity index (χ2n) is 2.85.